The largest absolute Gasteiger partial charge is 0.431 e. The Labute approximate surface area is 147 Å². The predicted octanol–water partition coefficient (Wildman–Crippen LogP) is 4.43. The summed E-state index contributed by atoms with van der Waals surface area (Å²) in [7, 11) is 0. The van der Waals surface area contributed by atoms with E-state index >= 15 is 0 Å². The molecule has 1 aromatic carbocycles. The topological polar surface area (TPSA) is 58.5 Å². The van der Waals surface area contributed by atoms with Gasteiger partial charge in [-0.25, -0.2) is 5.43 Å². The van der Waals surface area contributed by atoms with Gasteiger partial charge in [-0.15, -0.1) is 11.3 Å². The van der Waals surface area contributed by atoms with Crippen molar-refractivity contribution >= 4 is 44.7 Å². The number of hydrogen-bond donors (Lipinski definition) is 1. The summed E-state index contributed by atoms with van der Waals surface area (Å²) in [5.41, 5.74) is 0.632. The molecule has 1 heterocycles. The third kappa shape index (κ3) is 5.00. The minimum atomic E-state index is -4.82. The third-order valence-electron chi connectivity index (χ3n) is 2.85. The second kappa shape index (κ2) is 7.71. The summed E-state index contributed by atoms with van der Waals surface area (Å²) in [6.45, 7) is 0. The number of ketones is 1. The van der Waals surface area contributed by atoms with Crippen molar-refractivity contribution < 1.29 is 22.8 Å². The van der Waals surface area contributed by atoms with Gasteiger partial charge in [0.15, 0.2) is 5.78 Å². The van der Waals surface area contributed by atoms with E-state index in [4.69, 9.17) is 0 Å². The molecule has 1 aromatic heterocycles. The van der Waals surface area contributed by atoms with E-state index in [2.05, 4.69) is 21.0 Å². The number of Topliss-reactive ketones (excluding diaryl/α,β-unsaturated/α-hetero) is 1. The Balaban J connectivity index is 2.12. The molecule has 0 fully saturated rings. The molecule has 0 unspecified atom stereocenters. The zero-order chi connectivity index (χ0) is 17.7. The number of rotatable bonds is 5. The first-order chi connectivity index (χ1) is 11.3. The maximum Gasteiger partial charge on any atom is 0.431 e. The summed E-state index contributed by atoms with van der Waals surface area (Å²) in [6, 6.07) is 9.00. The highest BCUT2D eigenvalue weighted by Crippen LogP contribution is 2.22. The van der Waals surface area contributed by atoms with Gasteiger partial charge in [0.25, 0.3) is 5.91 Å². The van der Waals surface area contributed by atoms with Crippen molar-refractivity contribution in [3.05, 3.63) is 56.7 Å². The predicted molar refractivity (Wildman–Crippen MR) is 88.4 cm³/mol. The molecule has 0 bridgehead atoms. The molecule has 4 nitrogen and oxygen atoms in total. The van der Waals surface area contributed by atoms with E-state index in [9.17, 15) is 22.8 Å². The minimum Gasteiger partial charge on any atom is -0.293 e. The molecule has 0 radical (unpaired) electrons. The van der Waals surface area contributed by atoms with Gasteiger partial charge >= 0.3 is 6.18 Å². The molecule has 1 amide bonds. The van der Waals surface area contributed by atoms with Crippen LogP contribution in [0.4, 0.5) is 13.2 Å². The van der Waals surface area contributed by atoms with Gasteiger partial charge in [-0.3, -0.25) is 9.59 Å². The van der Waals surface area contributed by atoms with Crippen molar-refractivity contribution in [3.63, 3.8) is 0 Å². The SMILES string of the molecule is O=C(N/N=C(\CC(=O)c1cccs1)C(F)(F)F)c1ccc(Br)cc1. The zero-order valence-electron chi connectivity index (χ0n) is 11.9. The van der Waals surface area contributed by atoms with Crippen LogP contribution < -0.4 is 5.43 Å². The summed E-state index contributed by atoms with van der Waals surface area (Å²) in [5.74, 6) is -1.51. The molecule has 0 aliphatic rings. The molecular weight excluding hydrogens is 409 g/mol. The third-order valence-corrected chi connectivity index (χ3v) is 4.29. The van der Waals surface area contributed by atoms with Crippen molar-refractivity contribution in [2.45, 2.75) is 12.6 Å². The Kier molecular flexibility index (Phi) is 5.89. The number of hydrazone groups is 1. The fourth-order valence-corrected chi connectivity index (χ4v) is 2.59. The van der Waals surface area contributed by atoms with Gasteiger partial charge in [0, 0.05) is 10.0 Å². The molecule has 9 heteroatoms. The van der Waals surface area contributed by atoms with E-state index < -0.39 is 30.0 Å². The molecule has 0 saturated heterocycles. The minimum absolute atomic E-state index is 0.146. The highest BCUT2D eigenvalue weighted by atomic mass is 79.9. The van der Waals surface area contributed by atoms with E-state index in [0.717, 1.165) is 15.8 Å². The smallest absolute Gasteiger partial charge is 0.293 e. The number of thiophene rings is 1. The van der Waals surface area contributed by atoms with E-state index in [0.29, 0.717) is 0 Å². The maximum absolute atomic E-state index is 13.0. The van der Waals surface area contributed by atoms with Crippen molar-refractivity contribution in [1.29, 1.82) is 0 Å². The first-order valence-corrected chi connectivity index (χ1v) is 8.21. The lowest BCUT2D eigenvalue weighted by atomic mass is 10.1. The van der Waals surface area contributed by atoms with Crippen LogP contribution in [0.1, 0.15) is 26.5 Å². The number of hydrogen-bond acceptors (Lipinski definition) is 4. The fourth-order valence-electron chi connectivity index (χ4n) is 1.66. The lowest BCUT2D eigenvalue weighted by molar-refractivity contribution is -0.0605. The van der Waals surface area contributed by atoms with Gasteiger partial charge in [-0.1, -0.05) is 22.0 Å². The van der Waals surface area contributed by atoms with Crippen LogP contribution in [0, 0.1) is 0 Å². The van der Waals surface area contributed by atoms with Gasteiger partial charge in [0.05, 0.1) is 11.3 Å². The number of alkyl halides is 3. The molecule has 0 aliphatic heterocycles. The molecule has 2 rings (SSSR count). The fraction of sp³-hybridized carbons (Fsp3) is 0.133. The maximum atomic E-state index is 13.0. The van der Waals surface area contributed by atoms with Crippen LogP contribution in [-0.4, -0.2) is 23.6 Å². The molecular formula is C15H10BrF3N2O2S. The Morgan fingerprint density at radius 3 is 2.38 bits per heavy atom. The summed E-state index contributed by atoms with van der Waals surface area (Å²) in [5, 5.41) is 4.70. The first-order valence-electron chi connectivity index (χ1n) is 6.54. The monoisotopic (exact) mass is 418 g/mol. The molecule has 126 valence electrons. The van der Waals surface area contributed by atoms with Crippen molar-refractivity contribution in [1.82, 2.24) is 5.43 Å². The van der Waals surface area contributed by atoms with Crippen LogP contribution in [0.3, 0.4) is 0 Å². The summed E-state index contributed by atoms with van der Waals surface area (Å²) in [4.78, 5) is 23.8. The summed E-state index contributed by atoms with van der Waals surface area (Å²) >= 11 is 4.23. The second-order valence-corrected chi connectivity index (χ2v) is 6.44. The van der Waals surface area contributed by atoms with E-state index in [1.54, 1.807) is 23.6 Å². The number of nitrogens with one attached hydrogen (secondary N) is 1. The second-order valence-electron chi connectivity index (χ2n) is 4.58. The zero-order valence-corrected chi connectivity index (χ0v) is 14.3. The van der Waals surface area contributed by atoms with Crippen LogP contribution in [0.5, 0.6) is 0 Å². The summed E-state index contributed by atoms with van der Waals surface area (Å²) in [6.07, 6.45) is -5.76. The highest BCUT2D eigenvalue weighted by Gasteiger charge is 2.37. The number of benzene rings is 1. The number of nitrogens with zero attached hydrogens (tertiary/aromatic N) is 1. The van der Waals surface area contributed by atoms with Crippen LogP contribution >= 0.6 is 27.3 Å². The highest BCUT2D eigenvalue weighted by molar-refractivity contribution is 9.10. The number of halogens is 4. The first kappa shape index (κ1) is 18.3. The van der Waals surface area contributed by atoms with Gasteiger partial charge in [-0.05, 0) is 35.7 Å². The van der Waals surface area contributed by atoms with E-state index in [-0.39, 0.29) is 10.4 Å². The van der Waals surface area contributed by atoms with Gasteiger partial charge in [0.1, 0.15) is 5.71 Å². The lowest BCUT2D eigenvalue weighted by Gasteiger charge is -2.10. The number of carbonyl (C=O) groups excluding carboxylic acids is 2. The van der Waals surface area contributed by atoms with E-state index in [1.807, 2.05) is 5.43 Å². The Morgan fingerprint density at radius 1 is 1.17 bits per heavy atom. The summed E-state index contributed by atoms with van der Waals surface area (Å²) < 4.78 is 39.7. The molecule has 0 saturated carbocycles. The molecule has 24 heavy (non-hydrogen) atoms. The quantitative estimate of drug-likeness (QED) is 0.443. The van der Waals surface area contributed by atoms with Crippen molar-refractivity contribution in [2.24, 2.45) is 5.10 Å². The Morgan fingerprint density at radius 2 is 1.83 bits per heavy atom. The normalized spacial score (nSPS) is 12.1. The van der Waals surface area contributed by atoms with E-state index in [1.165, 1.54) is 18.2 Å². The Bertz CT molecular complexity index is 756. The molecule has 2 aromatic rings. The lowest BCUT2D eigenvalue weighted by Crippen LogP contribution is -2.30. The van der Waals surface area contributed by atoms with Gasteiger partial charge in [-0.2, -0.15) is 18.3 Å². The molecule has 1 N–H and O–H groups in total. The number of carbonyl (C=O) groups is 2. The molecule has 0 aliphatic carbocycles. The van der Waals surface area contributed by atoms with Crippen LogP contribution in [0.2, 0.25) is 0 Å². The van der Waals surface area contributed by atoms with Gasteiger partial charge in [0.2, 0.25) is 0 Å². The Hall–Kier alpha value is -2.00. The van der Waals surface area contributed by atoms with Crippen molar-refractivity contribution in [2.75, 3.05) is 0 Å². The van der Waals surface area contributed by atoms with Crippen LogP contribution in [0.25, 0.3) is 0 Å². The van der Waals surface area contributed by atoms with Crippen LogP contribution in [-0.2, 0) is 0 Å². The molecule has 0 atom stereocenters. The molecule has 0 spiro atoms. The van der Waals surface area contributed by atoms with Crippen LogP contribution in [0.15, 0.2) is 51.4 Å². The average Bonchev–Trinajstić information content (AvgIpc) is 3.05. The van der Waals surface area contributed by atoms with Gasteiger partial charge < -0.3 is 0 Å². The average molecular weight is 419 g/mol. The van der Waals surface area contributed by atoms with Crippen molar-refractivity contribution in [3.8, 4) is 0 Å². The number of amides is 1. The standard InChI is InChI=1S/C15H10BrF3N2O2S/c16-10-5-3-9(4-6-10)14(23)21-20-13(15(17,18)19)8-11(22)12-2-1-7-24-12/h1-7H,8H2,(H,21,23)/b20-13+.